The highest BCUT2D eigenvalue weighted by Crippen LogP contribution is 2.29. The average Bonchev–Trinajstić information content (AvgIpc) is 2.41. The second-order valence-corrected chi connectivity index (χ2v) is 7.07. The molecule has 2 rings (SSSR count). The van der Waals surface area contributed by atoms with E-state index in [2.05, 4.69) is 48.1 Å². The molecule has 2 aromatic carbocycles. The third-order valence-corrected chi connectivity index (χ3v) is 4.29. The Morgan fingerprint density at radius 2 is 1.76 bits per heavy atom. The number of hydrogen-bond acceptors (Lipinski definition) is 1. The van der Waals surface area contributed by atoms with E-state index >= 15 is 0 Å². The van der Waals surface area contributed by atoms with Crippen LogP contribution in [-0.4, -0.2) is 5.91 Å². The second kappa shape index (κ2) is 6.02. The van der Waals surface area contributed by atoms with Crippen LogP contribution in [0.15, 0.2) is 46.9 Å². The molecule has 0 radical (unpaired) electrons. The summed E-state index contributed by atoms with van der Waals surface area (Å²) in [5.74, 6) is -0.0812. The number of benzene rings is 2. The van der Waals surface area contributed by atoms with Crippen molar-refractivity contribution in [1.82, 2.24) is 0 Å². The Hall–Kier alpha value is -1.61. The first-order valence-electron chi connectivity index (χ1n) is 6.96. The zero-order valence-corrected chi connectivity index (χ0v) is 14.4. The van der Waals surface area contributed by atoms with E-state index < -0.39 is 0 Å². The van der Waals surface area contributed by atoms with Crippen LogP contribution >= 0.6 is 15.9 Å². The fourth-order valence-electron chi connectivity index (χ4n) is 2.23. The third-order valence-electron chi connectivity index (χ3n) is 3.40. The van der Waals surface area contributed by atoms with Gasteiger partial charge in [0, 0.05) is 15.7 Å². The average molecular weight is 346 g/mol. The molecule has 2 aromatic rings. The Kier molecular flexibility index (Phi) is 4.52. The monoisotopic (exact) mass is 345 g/mol. The van der Waals surface area contributed by atoms with Crippen molar-refractivity contribution >= 4 is 27.5 Å². The Balaban J connectivity index is 2.30. The van der Waals surface area contributed by atoms with Crippen LogP contribution < -0.4 is 5.32 Å². The molecule has 21 heavy (non-hydrogen) atoms. The quantitative estimate of drug-likeness (QED) is 0.785. The summed E-state index contributed by atoms with van der Waals surface area (Å²) >= 11 is 3.45. The Morgan fingerprint density at radius 3 is 2.38 bits per heavy atom. The van der Waals surface area contributed by atoms with Gasteiger partial charge in [-0.05, 0) is 47.7 Å². The van der Waals surface area contributed by atoms with E-state index in [4.69, 9.17) is 0 Å². The van der Waals surface area contributed by atoms with Crippen LogP contribution in [0, 0.1) is 6.92 Å². The van der Waals surface area contributed by atoms with Gasteiger partial charge in [-0.2, -0.15) is 0 Å². The number of para-hydroxylation sites is 1. The predicted octanol–water partition coefficient (Wildman–Crippen LogP) is 5.31. The Morgan fingerprint density at radius 1 is 1.10 bits per heavy atom. The zero-order chi connectivity index (χ0) is 15.6. The number of anilines is 1. The van der Waals surface area contributed by atoms with Gasteiger partial charge in [-0.3, -0.25) is 4.79 Å². The molecule has 0 saturated heterocycles. The van der Waals surface area contributed by atoms with Gasteiger partial charge >= 0.3 is 0 Å². The van der Waals surface area contributed by atoms with Crippen molar-refractivity contribution in [1.29, 1.82) is 0 Å². The van der Waals surface area contributed by atoms with Crippen LogP contribution in [0.25, 0.3) is 0 Å². The first-order chi connectivity index (χ1) is 9.79. The molecule has 0 heterocycles. The van der Waals surface area contributed by atoms with Gasteiger partial charge in [-0.15, -0.1) is 0 Å². The lowest BCUT2D eigenvalue weighted by molar-refractivity contribution is 0.102. The first kappa shape index (κ1) is 15.8. The van der Waals surface area contributed by atoms with Gasteiger partial charge in [0.25, 0.3) is 5.91 Å². The highest BCUT2D eigenvalue weighted by atomic mass is 79.9. The van der Waals surface area contributed by atoms with E-state index in [0.29, 0.717) is 5.56 Å². The maximum atomic E-state index is 12.4. The number of carbonyl (C=O) groups is 1. The molecule has 0 aliphatic carbocycles. The fourth-order valence-corrected chi connectivity index (χ4v) is 2.47. The molecule has 3 heteroatoms. The molecule has 0 fully saturated rings. The molecule has 110 valence electrons. The number of aryl methyl sites for hydroxylation is 1. The molecule has 0 aliphatic rings. The van der Waals surface area contributed by atoms with Crippen molar-refractivity contribution in [2.24, 2.45) is 0 Å². The molecule has 0 bridgehead atoms. The summed E-state index contributed by atoms with van der Waals surface area (Å²) < 4.78 is 1.01. The molecule has 0 spiro atoms. The lowest BCUT2D eigenvalue weighted by Gasteiger charge is -2.23. The van der Waals surface area contributed by atoms with E-state index in [1.54, 1.807) is 0 Å². The van der Waals surface area contributed by atoms with Crippen LogP contribution in [0.2, 0.25) is 0 Å². The largest absolute Gasteiger partial charge is 0.322 e. The van der Waals surface area contributed by atoms with E-state index in [9.17, 15) is 4.79 Å². The van der Waals surface area contributed by atoms with Crippen LogP contribution in [0.4, 0.5) is 5.69 Å². The summed E-state index contributed by atoms with van der Waals surface area (Å²) in [7, 11) is 0. The SMILES string of the molecule is Cc1cc(C(=O)Nc2ccccc2C(C)(C)C)ccc1Br. The smallest absolute Gasteiger partial charge is 0.255 e. The van der Waals surface area contributed by atoms with Crippen molar-refractivity contribution in [3.05, 3.63) is 63.6 Å². The van der Waals surface area contributed by atoms with Gasteiger partial charge in [0.2, 0.25) is 0 Å². The molecule has 1 N–H and O–H groups in total. The van der Waals surface area contributed by atoms with Crippen LogP contribution in [0.5, 0.6) is 0 Å². The van der Waals surface area contributed by atoms with E-state index in [-0.39, 0.29) is 11.3 Å². The van der Waals surface area contributed by atoms with Crippen LogP contribution in [0.3, 0.4) is 0 Å². The van der Waals surface area contributed by atoms with E-state index in [0.717, 1.165) is 21.3 Å². The zero-order valence-electron chi connectivity index (χ0n) is 12.8. The van der Waals surface area contributed by atoms with Crippen molar-refractivity contribution < 1.29 is 4.79 Å². The lowest BCUT2D eigenvalue weighted by atomic mass is 9.86. The van der Waals surface area contributed by atoms with Gasteiger partial charge in [0.1, 0.15) is 0 Å². The number of amides is 1. The standard InChI is InChI=1S/C18H20BrNO/c1-12-11-13(9-10-15(12)19)17(21)20-16-8-6-5-7-14(16)18(2,3)4/h5-11H,1-4H3,(H,20,21). The second-order valence-electron chi connectivity index (χ2n) is 6.21. The van der Waals surface area contributed by atoms with Crippen LogP contribution in [-0.2, 0) is 5.41 Å². The topological polar surface area (TPSA) is 29.1 Å². The summed E-state index contributed by atoms with van der Waals surface area (Å²) in [6.45, 7) is 8.40. The summed E-state index contributed by atoms with van der Waals surface area (Å²) in [6.07, 6.45) is 0. The summed E-state index contributed by atoms with van der Waals surface area (Å²) in [6, 6.07) is 13.6. The highest BCUT2D eigenvalue weighted by Gasteiger charge is 2.19. The normalized spacial score (nSPS) is 11.3. The minimum absolute atomic E-state index is 0.0144. The Labute approximate surface area is 134 Å². The molecule has 2 nitrogen and oxygen atoms in total. The van der Waals surface area contributed by atoms with Gasteiger partial charge in [0.15, 0.2) is 0 Å². The summed E-state index contributed by atoms with van der Waals surface area (Å²) in [5.41, 5.74) is 3.70. The van der Waals surface area contributed by atoms with Crippen LogP contribution in [0.1, 0.15) is 42.3 Å². The maximum absolute atomic E-state index is 12.4. The molecule has 1 amide bonds. The van der Waals surface area contributed by atoms with Crippen molar-refractivity contribution in [2.45, 2.75) is 33.1 Å². The van der Waals surface area contributed by atoms with E-state index in [1.807, 2.05) is 43.3 Å². The third kappa shape index (κ3) is 3.73. The highest BCUT2D eigenvalue weighted by molar-refractivity contribution is 9.10. The van der Waals surface area contributed by atoms with Crippen molar-refractivity contribution in [3.8, 4) is 0 Å². The van der Waals surface area contributed by atoms with Gasteiger partial charge < -0.3 is 5.32 Å². The molecule has 0 aromatic heterocycles. The minimum atomic E-state index is -0.0812. The lowest BCUT2D eigenvalue weighted by Crippen LogP contribution is -2.18. The predicted molar refractivity (Wildman–Crippen MR) is 92.0 cm³/mol. The minimum Gasteiger partial charge on any atom is -0.322 e. The van der Waals surface area contributed by atoms with Gasteiger partial charge in [-0.1, -0.05) is 54.9 Å². The molecular formula is C18H20BrNO. The number of halogens is 1. The molecule has 0 atom stereocenters. The molecular weight excluding hydrogens is 326 g/mol. The van der Waals surface area contributed by atoms with Gasteiger partial charge in [-0.25, -0.2) is 0 Å². The van der Waals surface area contributed by atoms with Crippen molar-refractivity contribution in [3.63, 3.8) is 0 Å². The maximum Gasteiger partial charge on any atom is 0.255 e. The molecule has 0 aliphatic heterocycles. The molecule has 0 unspecified atom stereocenters. The number of hydrogen-bond donors (Lipinski definition) is 1. The van der Waals surface area contributed by atoms with E-state index in [1.165, 1.54) is 0 Å². The first-order valence-corrected chi connectivity index (χ1v) is 7.75. The number of rotatable bonds is 2. The number of nitrogens with one attached hydrogen (secondary N) is 1. The summed E-state index contributed by atoms with van der Waals surface area (Å²) in [5, 5.41) is 3.03. The van der Waals surface area contributed by atoms with Crippen molar-refractivity contribution in [2.75, 3.05) is 5.32 Å². The number of carbonyl (C=O) groups excluding carboxylic acids is 1. The van der Waals surface area contributed by atoms with Gasteiger partial charge in [0.05, 0.1) is 0 Å². The Bertz CT molecular complexity index is 671. The summed E-state index contributed by atoms with van der Waals surface area (Å²) in [4.78, 5) is 12.4. The molecule has 0 saturated carbocycles. The fraction of sp³-hybridized carbons (Fsp3) is 0.278.